The summed E-state index contributed by atoms with van der Waals surface area (Å²) < 4.78 is 13.1. The van der Waals surface area contributed by atoms with E-state index in [4.69, 9.17) is 0 Å². The lowest BCUT2D eigenvalue weighted by Gasteiger charge is -2.34. The SMILES string of the molecule is Cc1cc(F)ccc1C(=O)N1CCC(C(C)C)CC1. The number of halogens is 1. The molecule has 1 saturated heterocycles. The molecule has 1 aromatic rings. The first kappa shape index (κ1) is 14.0. The molecule has 0 N–H and O–H groups in total. The van der Waals surface area contributed by atoms with Gasteiger partial charge in [-0.25, -0.2) is 4.39 Å². The number of nitrogens with zero attached hydrogens (tertiary/aromatic N) is 1. The Morgan fingerprint density at radius 3 is 2.47 bits per heavy atom. The first-order valence-corrected chi connectivity index (χ1v) is 7.04. The molecule has 1 fully saturated rings. The average molecular weight is 263 g/mol. The monoisotopic (exact) mass is 263 g/mol. The lowest BCUT2D eigenvalue weighted by Crippen LogP contribution is -2.39. The van der Waals surface area contributed by atoms with Gasteiger partial charge in [0.2, 0.25) is 0 Å². The van der Waals surface area contributed by atoms with Crippen LogP contribution in [0.15, 0.2) is 18.2 Å². The van der Waals surface area contributed by atoms with Crippen LogP contribution < -0.4 is 0 Å². The second-order valence-electron chi connectivity index (χ2n) is 5.83. The highest BCUT2D eigenvalue weighted by Gasteiger charge is 2.25. The van der Waals surface area contributed by atoms with Gasteiger partial charge in [-0.3, -0.25) is 4.79 Å². The van der Waals surface area contributed by atoms with Crippen molar-refractivity contribution in [3.8, 4) is 0 Å². The summed E-state index contributed by atoms with van der Waals surface area (Å²) in [5, 5.41) is 0. The van der Waals surface area contributed by atoms with E-state index in [0.29, 0.717) is 11.5 Å². The van der Waals surface area contributed by atoms with E-state index in [1.807, 2.05) is 4.90 Å². The fraction of sp³-hybridized carbons (Fsp3) is 0.562. The molecule has 19 heavy (non-hydrogen) atoms. The Labute approximate surface area is 114 Å². The maximum Gasteiger partial charge on any atom is 0.254 e. The van der Waals surface area contributed by atoms with Crippen molar-refractivity contribution < 1.29 is 9.18 Å². The molecule has 0 spiro atoms. The number of benzene rings is 1. The van der Waals surface area contributed by atoms with Crippen LogP contribution in [0.4, 0.5) is 4.39 Å². The highest BCUT2D eigenvalue weighted by Crippen LogP contribution is 2.25. The molecule has 0 aromatic heterocycles. The number of hydrogen-bond acceptors (Lipinski definition) is 1. The van der Waals surface area contributed by atoms with Crippen LogP contribution in [-0.4, -0.2) is 23.9 Å². The normalized spacial score (nSPS) is 17.0. The Hall–Kier alpha value is -1.38. The molecule has 1 heterocycles. The molecule has 1 aromatic carbocycles. The van der Waals surface area contributed by atoms with Gasteiger partial charge in [0.15, 0.2) is 0 Å². The van der Waals surface area contributed by atoms with Gasteiger partial charge in [-0.05, 0) is 55.4 Å². The molecule has 1 amide bonds. The largest absolute Gasteiger partial charge is 0.339 e. The van der Waals surface area contributed by atoms with E-state index in [0.717, 1.165) is 37.4 Å². The van der Waals surface area contributed by atoms with Crippen molar-refractivity contribution >= 4 is 5.91 Å². The molecule has 0 aliphatic carbocycles. The molecular formula is C16H22FNO. The van der Waals surface area contributed by atoms with Gasteiger partial charge in [-0.15, -0.1) is 0 Å². The van der Waals surface area contributed by atoms with Crippen LogP contribution >= 0.6 is 0 Å². The molecule has 0 radical (unpaired) electrons. The predicted octanol–water partition coefficient (Wildman–Crippen LogP) is 3.64. The second-order valence-corrected chi connectivity index (χ2v) is 5.83. The van der Waals surface area contributed by atoms with Crippen molar-refractivity contribution in [3.05, 3.63) is 35.1 Å². The second kappa shape index (κ2) is 5.72. The Morgan fingerprint density at radius 1 is 1.32 bits per heavy atom. The summed E-state index contributed by atoms with van der Waals surface area (Å²) >= 11 is 0. The standard InChI is InChI=1S/C16H22FNO/c1-11(2)13-6-8-18(9-7-13)16(19)15-5-4-14(17)10-12(15)3/h4-5,10-11,13H,6-9H2,1-3H3. The minimum absolute atomic E-state index is 0.0414. The van der Waals surface area contributed by atoms with Gasteiger partial charge in [-0.2, -0.15) is 0 Å². The highest BCUT2D eigenvalue weighted by molar-refractivity contribution is 5.95. The molecule has 0 bridgehead atoms. The zero-order valence-electron chi connectivity index (χ0n) is 11.9. The minimum Gasteiger partial charge on any atom is -0.339 e. The summed E-state index contributed by atoms with van der Waals surface area (Å²) in [6, 6.07) is 4.39. The van der Waals surface area contributed by atoms with Crippen molar-refractivity contribution in [1.82, 2.24) is 4.90 Å². The van der Waals surface area contributed by atoms with E-state index >= 15 is 0 Å². The zero-order chi connectivity index (χ0) is 14.0. The Morgan fingerprint density at radius 2 is 1.95 bits per heavy atom. The number of piperidine rings is 1. The number of likely N-dealkylation sites (tertiary alicyclic amines) is 1. The van der Waals surface area contributed by atoms with E-state index in [1.165, 1.54) is 12.1 Å². The molecule has 1 aliphatic rings. The molecule has 2 rings (SSSR count). The maximum atomic E-state index is 13.1. The van der Waals surface area contributed by atoms with E-state index in [-0.39, 0.29) is 11.7 Å². The van der Waals surface area contributed by atoms with Gasteiger partial charge < -0.3 is 4.90 Å². The van der Waals surface area contributed by atoms with Crippen LogP contribution in [0, 0.1) is 24.6 Å². The summed E-state index contributed by atoms with van der Waals surface area (Å²) in [5.74, 6) is 1.16. The molecular weight excluding hydrogens is 241 g/mol. The first-order valence-electron chi connectivity index (χ1n) is 7.04. The molecule has 1 aliphatic heterocycles. The zero-order valence-corrected chi connectivity index (χ0v) is 11.9. The lowest BCUT2D eigenvalue weighted by atomic mass is 9.86. The van der Waals surface area contributed by atoms with Gasteiger partial charge >= 0.3 is 0 Å². The summed E-state index contributed by atoms with van der Waals surface area (Å²) in [7, 11) is 0. The quantitative estimate of drug-likeness (QED) is 0.797. The van der Waals surface area contributed by atoms with Gasteiger partial charge in [0.1, 0.15) is 5.82 Å². The third-order valence-corrected chi connectivity index (χ3v) is 4.19. The number of amides is 1. The number of aryl methyl sites for hydroxylation is 1. The van der Waals surface area contributed by atoms with E-state index in [2.05, 4.69) is 13.8 Å². The van der Waals surface area contributed by atoms with Gasteiger partial charge in [0.25, 0.3) is 5.91 Å². The van der Waals surface area contributed by atoms with Crippen LogP contribution in [0.2, 0.25) is 0 Å². The fourth-order valence-electron chi connectivity index (χ4n) is 2.81. The molecule has 0 saturated carbocycles. The molecule has 104 valence electrons. The molecule has 0 atom stereocenters. The van der Waals surface area contributed by atoms with Crippen LogP contribution in [-0.2, 0) is 0 Å². The fourth-order valence-corrected chi connectivity index (χ4v) is 2.81. The van der Waals surface area contributed by atoms with Crippen LogP contribution in [0.3, 0.4) is 0 Å². The van der Waals surface area contributed by atoms with Crippen LogP contribution in [0.1, 0.15) is 42.6 Å². The summed E-state index contributed by atoms with van der Waals surface area (Å²) in [5.41, 5.74) is 1.35. The maximum absolute atomic E-state index is 13.1. The van der Waals surface area contributed by atoms with Gasteiger partial charge in [0, 0.05) is 18.7 Å². The third-order valence-electron chi connectivity index (χ3n) is 4.19. The summed E-state index contributed by atoms with van der Waals surface area (Å²) in [6.07, 6.45) is 2.15. The van der Waals surface area contributed by atoms with Crippen molar-refractivity contribution in [1.29, 1.82) is 0 Å². The topological polar surface area (TPSA) is 20.3 Å². The number of hydrogen-bond donors (Lipinski definition) is 0. The number of rotatable bonds is 2. The molecule has 0 unspecified atom stereocenters. The Balaban J connectivity index is 2.05. The molecule has 3 heteroatoms. The highest BCUT2D eigenvalue weighted by atomic mass is 19.1. The van der Waals surface area contributed by atoms with E-state index < -0.39 is 0 Å². The van der Waals surface area contributed by atoms with Crippen molar-refractivity contribution in [2.75, 3.05) is 13.1 Å². The average Bonchev–Trinajstić information content (AvgIpc) is 2.38. The van der Waals surface area contributed by atoms with Crippen molar-refractivity contribution in [3.63, 3.8) is 0 Å². The van der Waals surface area contributed by atoms with E-state index in [9.17, 15) is 9.18 Å². The third kappa shape index (κ3) is 3.14. The van der Waals surface area contributed by atoms with Crippen molar-refractivity contribution in [2.24, 2.45) is 11.8 Å². The number of carbonyl (C=O) groups is 1. The molecule has 2 nitrogen and oxygen atoms in total. The van der Waals surface area contributed by atoms with Crippen molar-refractivity contribution in [2.45, 2.75) is 33.6 Å². The minimum atomic E-state index is -0.285. The number of carbonyl (C=O) groups excluding carboxylic acids is 1. The summed E-state index contributed by atoms with van der Waals surface area (Å²) in [6.45, 7) is 7.91. The van der Waals surface area contributed by atoms with Crippen LogP contribution in [0.5, 0.6) is 0 Å². The Bertz CT molecular complexity index is 462. The summed E-state index contributed by atoms with van der Waals surface area (Å²) in [4.78, 5) is 14.3. The van der Waals surface area contributed by atoms with Crippen LogP contribution in [0.25, 0.3) is 0 Å². The lowest BCUT2D eigenvalue weighted by molar-refractivity contribution is 0.0667. The predicted molar refractivity (Wildman–Crippen MR) is 74.6 cm³/mol. The van der Waals surface area contributed by atoms with Gasteiger partial charge in [-0.1, -0.05) is 13.8 Å². The van der Waals surface area contributed by atoms with E-state index in [1.54, 1.807) is 13.0 Å². The van der Waals surface area contributed by atoms with Gasteiger partial charge in [0.05, 0.1) is 0 Å². The Kier molecular flexibility index (Phi) is 4.23. The smallest absolute Gasteiger partial charge is 0.254 e. The first-order chi connectivity index (χ1) is 8.99.